The van der Waals surface area contributed by atoms with E-state index in [4.69, 9.17) is 11.6 Å². The Hall–Kier alpha value is -0.480. The highest BCUT2D eigenvalue weighted by Crippen LogP contribution is 2.24. The van der Waals surface area contributed by atoms with Gasteiger partial charge >= 0.3 is 0 Å². The van der Waals surface area contributed by atoms with Gasteiger partial charge in [0, 0.05) is 24.4 Å². The number of halogens is 1. The first kappa shape index (κ1) is 13.6. The summed E-state index contributed by atoms with van der Waals surface area (Å²) in [4.78, 5) is 10.5. The van der Waals surface area contributed by atoms with Gasteiger partial charge in [0.1, 0.15) is 17.3 Å². The van der Waals surface area contributed by atoms with E-state index in [0.717, 1.165) is 23.6 Å². The molecule has 1 atom stereocenters. The predicted molar refractivity (Wildman–Crippen MR) is 72.6 cm³/mol. The van der Waals surface area contributed by atoms with Crippen molar-refractivity contribution < 1.29 is 0 Å². The quantitative estimate of drug-likeness (QED) is 0.761. The molecule has 0 bridgehead atoms. The van der Waals surface area contributed by atoms with Gasteiger partial charge in [-0.3, -0.25) is 0 Å². The number of hydrogen-bond donors (Lipinski definition) is 0. The predicted octanol–water partition coefficient (Wildman–Crippen LogP) is 3.02. The molecule has 1 heterocycles. The molecule has 1 rings (SSSR count). The van der Waals surface area contributed by atoms with Gasteiger partial charge in [0.15, 0.2) is 0 Å². The summed E-state index contributed by atoms with van der Waals surface area (Å²) in [6.07, 6.45) is 4.74. The van der Waals surface area contributed by atoms with Crippen LogP contribution in [0.1, 0.15) is 18.9 Å². The van der Waals surface area contributed by atoms with Crippen molar-refractivity contribution >= 4 is 29.2 Å². The fourth-order valence-corrected chi connectivity index (χ4v) is 2.62. The van der Waals surface area contributed by atoms with Crippen LogP contribution in [0.2, 0.25) is 5.15 Å². The maximum Gasteiger partial charge on any atom is 0.137 e. The molecule has 0 aliphatic carbocycles. The average Bonchev–Trinajstić information content (AvgIpc) is 2.29. The third-order valence-corrected chi connectivity index (χ3v) is 3.81. The van der Waals surface area contributed by atoms with Gasteiger partial charge in [0.2, 0.25) is 0 Å². The van der Waals surface area contributed by atoms with Crippen LogP contribution in [0.5, 0.6) is 0 Å². The van der Waals surface area contributed by atoms with Crippen molar-refractivity contribution in [3.8, 4) is 0 Å². The molecule has 3 nitrogen and oxygen atoms in total. The summed E-state index contributed by atoms with van der Waals surface area (Å²) in [5.74, 6) is 2.02. The highest BCUT2D eigenvalue weighted by molar-refractivity contribution is 7.98. The molecule has 0 aliphatic rings. The standard InChI is InChI=1S/C11H18ClN3S/c1-5-9(6-16-4)15(3)11-8(2)10(12)13-7-14-11/h7,9H,5-6H2,1-4H3. The van der Waals surface area contributed by atoms with Crippen molar-refractivity contribution in [3.05, 3.63) is 17.0 Å². The van der Waals surface area contributed by atoms with E-state index in [-0.39, 0.29) is 0 Å². The second kappa shape index (κ2) is 6.30. The average molecular weight is 260 g/mol. The van der Waals surface area contributed by atoms with E-state index in [2.05, 4.69) is 35.1 Å². The Morgan fingerprint density at radius 3 is 2.75 bits per heavy atom. The van der Waals surface area contributed by atoms with Gasteiger partial charge in [-0.2, -0.15) is 11.8 Å². The summed E-state index contributed by atoms with van der Waals surface area (Å²) < 4.78 is 0. The molecule has 0 saturated heterocycles. The third-order valence-electron chi connectivity index (χ3n) is 2.71. The second-order valence-electron chi connectivity index (χ2n) is 3.74. The molecule has 16 heavy (non-hydrogen) atoms. The first-order chi connectivity index (χ1) is 7.61. The Balaban J connectivity index is 2.94. The topological polar surface area (TPSA) is 29.0 Å². The van der Waals surface area contributed by atoms with Gasteiger partial charge in [-0.15, -0.1) is 0 Å². The monoisotopic (exact) mass is 259 g/mol. The molecule has 0 radical (unpaired) electrons. The number of aromatic nitrogens is 2. The minimum atomic E-state index is 0.486. The summed E-state index contributed by atoms with van der Waals surface area (Å²) in [6.45, 7) is 4.15. The highest BCUT2D eigenvalue weighted by atomic mass is 35.5. The summed E-state index contributed by atoms with van der Waals surface area (Å²) >= 11 is 7.85. The van der Waals surface area contributed by atoms with E-state index in [0.29, 0.717) is 11.2 Å². The summed E-state index contributed by atoms with van der Waals surface area (Å²) in [7, 11) is 2.07. The maximum absolute atomic E-state index is 6.00. The van der Waals surface area contributed by atoms with Gasteiger partial charge in [0.05, 0.1) is 0 Å². The Kier molecular flexibility index (Phi) is 5.35. The van der Waals surface area contributed by atoms with Crippen LogP contribution in [-0.4, -0.2) is 35.1 Å². The molecule has 0 spiro atoms. The van der Waals surface area contributed by atoms with Gasteiger partial charge in [-0.25, -0.2) is 9.97 Å². The molecule has 1 aromatic heterocycles. The van der Waals surface area contributed by atoms with E-state index in [1.54, 1.807) is 0 Å². The molecule has 0 amide bonds. The number of rotatable bonds is 5. The van der Waals surface area contributed by atoms with E-state index >= 15 is 0 Å². The molecule has 0 fully saturated rings. The number of nitrogens with zero attached hydrogens (tertiary/aromatic N) is 3. The molecule has 1 aromatic rings. The van der Waals surface area contributed by atoms with Crippen LogP contribution in [0.4, 0.5) is 5.82 Å². The Bertz CT molecular complexity index is 346. The lowest BCUT2D eigenvalue weighted by atomic mass is 10.2. The number of hydrogen-bond acceptors (Lipinski definition) is 4. The summed E-state index contributed by atoms with van der Waals surface area (Å²) in [5.41, 5.74) is 0.950. The SMILES string of the molecule is CCC(CSC)N(C)c1ncnc(Cl)c1C. The van der Waals surface area contributed by atoms with Crippen molar-refractivity contribution in [2.75, 3.05) is 24.0 Å². The lowest BCUT2D eigenvalue weighted by Gasteiger charge is -2.28. The normalized spacial score (nSPS) is 12.6. The molecule has 0 aliphatic heterocycles. The third kappa shape index (κ3) is 3.01. The molecule has 90 valence electrons. The van der Waals surface area contributed by atoms with Crippen molar-refractivity contribution in [1.29, 1.82) is 0 Å². The molecule has 5 heteroatoms. The zero-order chi connectivity index (χ0) is 12.1. The van der Waals surface area contributed by atoms with E-state index < -0.39 is 0 Å². The molecule has 0 aromatic carbocycles. The van der Waals surface area contributed by atoms with E-state index in [1.165, 1.54) is 6.33 Å². The lowest BCUT2D eigenvalue weighted by Crippen LogP contribution is -2.34. The van der Waals surface area contributed by atoms with Crippen LogP contribution >= 0.6 is 23.4 Å². The van der Waals surface area contributed by atoms with Crippen LogP contribution < -0.4 is 4.90 Å². The smallest absolute Gasteiger partial charge is 0.137 e. The second-order valence-corrected chi connectivity index (χ2v) is 5.01. The lowest BCUT2D eigenvalue weighted by molar-refractivity contribution is 0.663. The maximum atomic E-state index is 6.00. The molecule has 0 N–H and O–H groups in total. The largest absolute Gasteiger partial charge is 0.356 e. The Labute approximate surface area is 107 Å². The highest BCUT2D eigenvalue weighted by Gasteiger charge is 2.17. The van der Waals surface area contributed by atoms with Gasteiger partial charge in [-0.05, 0) is 19.6 Å². The van der Waals surface area contributed by atoms with Crippen LogP contribution in [0, 0.1) is 6.92 Å². The number of anilines is 1. The van der Waals surface area contributed by atoms with Gasteiger partial charge < -0.3 is 4.90 Å². The Morgan fingerprint density at radius 2 is 2.19 bits per heavy atom. The van der Waals surface area contributed by atoms with Gasteiger partial charge in [0.25, 0.3) is 0 Å². The zero-order valence-electron chi connectivity index (χ0n) is 10.2. The van der Waals surface area contributed by atoms with Crippen LogP contribution in [0.3, 0.4) is 0 Å². The zero-order valence-corrected chi connectivity index (χ0v) is 11.8. The van der Waals surface area contributed by atoms with Gasteiger partial charge in [-0.1, -0.05) is 18.5 Å². The first-order valence-electron chi connectivity index (χ1n) is 5.30. The Morgan fingerprint density at radius 1 is 1.50 bits per heavy atom. The molecular formula is C11H18ClN3S. The van der Waals surface area contributed by atoms with E-state index in [9.17, 15) is 0 Å². The molecular weight excluding hydrogens is 242 g/mol. The van der Waals surface area contributed by atoms with Crippen molar-refractivity contribution in [2.45, 2.75) is 26.3 Å². The fourth-order valence-electron chi connectivity index (χ4n) is 1.64. The summed E-state index contributed by atoms with van der Waals surface area (Å²) in [6, 6.07) is 0.486. The number of thioether (sulfide) groups is 1. The molecule has 0 saturated carbocycles. The van der Waals surface area contributed by atoms with Crippen LogP contribution in [0.25, 0.3) is 0 Å². The van der Waals surface area contributed by atoms with Crippen LogP contribution in [0.15, 0.2) is 6.33 Å². The van der Waals surface area contributed by atoms with Crippen molar-refractivity contribution in [3.63, 3.8) is 0 Å². The minimum absolute atomic E-state index is 0.486. The summed E-state index contributed by atoms with van der Waals surface area (Å²) in [5, 5.41) is 0.538. The van der Waals surface area contributed by atoms with Crippen molar-refractivity contribution in [2.24, 2.45) is 0 Å². The molecule has 1 unspecified atom stereocenters. The van der Waals surface area contributed by atoms with Crippen LogP contribution in [-0.2, 0) is 0 Å². The van der Waals surface area contributed by atoms with E-state index in [1.807, 2.05) is 18.7 Å². The fraction of sp³-hybridized carbons (Fsp3) is 0.636. The van der Waals surface area contributed by atoms with Crippen molar-refractivity contribution in [1.82, 2.24) is 9.97 Å². The first-order valence-corrected chi connectivity index (χ1v) is 7.07. The minimum Gasteiger partial charge on any atom is -0.356 e.